The first kappa shape index (κ1) is 39.1. The zero-order valence-corrected chi connectivity index (χ0v) is 18.8. The van der Waals surface area contributed by atoms with Crippen LogP contribution in [0.4, 0.5) is 0 Å². The molecule has 0 unspecified atom stereocenters. The smallest absolute Gasteiger partial charge is 0 e. The van der Waals surface area contributed by atoms with Gasteiger partial charge in [-0.1, -0.05) is 0 Å². The Morgan fingerprint density at radius 2 is 0.571 bits per heavy atom. The fraction of sp³-hybridized carbons (Fsp3) is 0.500. The molecule has 0 saturated heterocycles. The Morgan fingerprint density at radius 3 is 0.571 bits per heavy atom. The van der Waals surface area contributed by atoms with Crippen LogP contribution >= 0.6 is 0 Å². The average molecular weight is 474 g/mol. The van der Waals surface area contributed by atoms with Crippen molar-refractivity contribution in [1.82, 2.24) is 0 Å². The Balaban J connectivity index is -0.000000000500. The van der Waals surface area contributed by atoms with E-state index < -0.39 is 0 Å². The summed E-state index contributed by atoms with van der Waals surface area (Å²) in [5.74, 6) is 0. The topological polar surface area (TPSA) is 0 Å². The van der Waals surface area contributed by atoms with Crippen LogP contribution in [-0.2, 0) is 164 Å². The van der Waals surface area contributed by atoms with E-state index in [9.17, 15) is 0 Å². The Bertz CT molecular complexity index is 6.04. The molecular formula is C2H5Y5-. The second-order valence-corrected chi connectivity index (χ2v) is 0. The zero-order valence-electron chi connectivity index (χ0n) is 4.59. The first-order valence-electron chi connectivity index (χ1n) is 0.707. The van der Waals surface area contributed by atoms with Crippen molar-refractivity contribution < 1.29 is 164 Å². The molecule has 0 bridgehead atoms. The third kappa shape index (κ3) is 34.3. The molecule has 29 valence electrons. The van der Waals surface area contributed by atoms with Gasteiger partial charge >= 0.3 is 0 Å². The van der Waals surface area contributed by atoms with E-state index in [1.165, 1.54) is 0 Å². The van der Waals surface area contributed by atoms with Gasteiger partial charge in [0.2, 0.25) is 0 Å². The molecule has 0 heterocycles. The Morgan fingerprint density at radius 1 is 0.571 bits per heavy atom. The quantitative estimate of drug-likeness (QED) is 0.458. The number of rotatable bonds is 0. The van der Waals surface area contributed by atoms with E-state index >= 15 is 0 Å². The van der Waals surface area contributed by atoms with E-state index in [1.54, 1.807) is 6.92 Å². The van der Waals surface area contributed by atoms with Crippen molar-refractivity contribution in [3.8, 4) is 0 Å². The molecular weight excluding hydrogens is 469 g/mol. The average Bonchev–Trinajstić information content (AvgIpc) is 1.00. The zero-order chi connectivity index (χ0) is 2.00. The van der Waals surface area contributed by atoms with Crippen LogP contribution in [0.3, 0.4) is 0 Å². The first-order chi connectivity index (χ1) is 1.00. The summed E-state index contributed by atoms with van der Waals surface area (Å²) in [6.07, 6.45) is 0. The molecule has 0 aliphatic heterocycles. The maximum atomic E-state index is 3.25. The second kappa shape index (κ2) is 41.8. The monoisotopic (exact) mass is 474 g/mol. The summed E-state index contributed by atoms with van der Waals surface area (Å²) in [6.45, 7) is 5.00. The molecule has 0 aromatic carbocycles. The van der Waals surface area contributed by atoms with E-state index in [4.69, 9.17) is 0 Å². The van der Waals surface area contributed by atoms with Gasteiger partial charge in [-0.3, -0.25) is 0 Å². The van der Waals surface area contributed by atoms with Crippen LogP contribution in [0.25, 0.3) is 0 Å². The Kier molecular flexibility index (Phi) is 234. The van der Waals surface area contributed by atoms with Crippen LogP contribution in [0.15, 0.2) is 0 Å². The van der Waals surface area contributed by atoms with Crippen molar-refractivity contribution in [2.75, 3.05) is 0 Å². The van der Waals surface area contributed by atoms with Gasteiger partial charge in [-0.25, -0.2) is 0 Å². The number of hydrogen-bond donors (Lipinski definition) is 0. The summed E-state index contributed by atoms with van der Waals surface area (Å²) in [5.41, 5.74) is 0. The van der Waals surface area contributed by atoms with E-state index in [2.05, 4.69) is 6.92 Å². The Hall–Kier alpha value is 5.52. The summed E-state index contributed by atoms with van der Waals surface area (Å²) < 4.78 is 0. The van der Waals surface area contributed by atoms with Gasteiger partial charge in [0.1, 0.15) is 0 Å². The maximum Gasteiger partial charge on any atom is 0 e. The van der Waals surface area contributed by atoms with Gasteiger partial charge < -0.3 is 6.92 Å². The summed E-state index contributed by atoms with van der Waals surface area (Å²) >= 11 is 0. The largest absolute Gasteiger partial charge is 0.346 e. The minimum atomic E-state index is 0. The van der Waals surface area contributed by atoms with Crippen LogP contribution in [0.5, 0.6) is 0 Å². The normalized spacial score (nSPS) is 0.857. The van der Waals surface area contributed by atoms with Crippen molar-refractivity contribution in [3.63, 3.8) is 0 Å². The van der Waals surface area contributed by atoms with Crippen molar-refractivity contribution >= 4 is 0 Å². The standard InChI is InChI=1S/C2H5.5Y/c1-2;;;;;/h1H2,2H3;;;;;/q-1;;;;;. The van der Waals surface area contributed by atoms with Gasteiger partial charge in [-0.05, 0) is 0 Å². The van der Waals surface area contributed by atoms with E-state index in [1.807, 2.05) is 0 Å². The molecule has 5 heteroatoms. The van der Waals surface area contributed by atoms with Gasteiger partial charge in [0.25, 0.3) is 0 Å². The van der Waals surface area contributed by atoms with Gasteiger partial charge in [0, 0.05) is 164 Å². The fourth-order valence-electron chi connectivity index (χ4n) is 0. The third-order valence-corrected chi connectivity index (χ3v) is 0. The summed E-state index contributed by atoms with van der Waals surface area (Å²) in [7, 11) is 0. The summed E-state index contributed by atoms with van der Waals surface area (Å²) in [5, 5.41) is 0. The third-order valence-electron chi connectivity index (χ3n) is 0. The molecule has 0 atom stereocenters. The van der Waals surface area contributed by atoms with Gasteiger partial charge in [0.05, 0.1) is 0 Å². The molecule has 0 spiro atoms. The van der Waals surface area contributed by atoms with Crippen LogP contribution < -0.4 is 0 Å². The number of hydrogen-bond acceptors (Lipinski definition) is 0. The molecule has 7 heavy (non-hydrogen) atoms. The van der Waals surface area contributed by atoms with Crippen molar-refractivity contribution in [1.29, 1.82) is 0 Å². The van der Waals surface area contributed by atoms with E-state index in [-0.39, 0.29) is 164 Å². The minimum Gasteiger partial charge on any atom is -0.346 e. The van der Waals surface area contributed by atoms with Crippen molar-refractivity contribution in [2.24, 2.45) is 0 Å². The van der Waals surface area contributed by atoms with Crippen LogP contribution in [-0.4, -0.2) is 0 Å². The Labute approximate surface area is 172 Å². The van der Waals surface area contributed by atoms with E-state index in [0.717, 1.165) is 0 Å². The molecule has 0 fully saturated rings. The van der Waals surface area contributed by atoms with Gasteiger partial charge in [0.15, 0.2) is 0 Å². The molecule has 0 N–H and O–H groups in total. The molecule has 5 radical (unpaired) electrons. The molecule has 0 aliphatic rings. The summed E-state index contributed by atoms with van der Waals surface area (Å²) in [4.78, 5) is 0. The van der Waals surface area contributed by atoms with Crippen LogP contribution in [0.2, 0.25) is 0 Å². The van der Waals surface area contributed by atoms with Crippen LogP contribution in [0.1, 0.15) is 6.92 Å². The molecule has 0 aromatic rings. The minimum absolute atomic E-state index is 0. The molecule has 0 nitrogen and oxygen atoms in total. The van der Waals surface area contributed by atoms with E-state index in [0.29, 0.717) is 0 Å². The van der Waals surface area contributed by atoms with Gasteiger partial charge in [-0.2, -0.15) is 6.92 Å². The van der Waals surface area contributed by atoms with Crippen molar-refractivity contribution in [2.45, 2.75) is 6.92 Å². The molecule has 0 amide bonds. The first-order valence-corrected chi connectivity index (χ1v) is 0.707. The van der Waals surface area contributed by atoms with Crippen molar-refractivity contribution in [3.05, 3.63) is 6.92 Å². The summed E-state index contributed by atoms with van der Waals surface area (Å²) in [6, 6.07) is 0. The van der Waals surface area contributed by atoms with Crippen LogP contribution in [0, 0.1) is 6.92 Å². The molecule has 0 aromatic heterocycles. The predicted octanol–water partition coefficient (Wildman–Crippen LogP) is 0.828. The maximum absolute atomic E-state index is 3.25. The molecule has 0 saturated carbocycles. The second-order valence-electron chi connectivity index (χ2n) is 0. The molecule has 0 aliphatic carbocycles. The fourth-order valence-corrected chi connectivity index (χ4v) is 0. The SMILES string of the molecule is [CH2-]C.[Y].[Y].[Y].[Y].[Y]. The molecule has 0 rings (SSSR count). The van der Waals surface area contributed by atoms with Gasteiger partial charge in [-0.15, -0.1) is 0 Å². The predicted molar refractivity (Wildman–Crippen MR) is 11.0 cm³/mol.